The van der Waals surface area contributed by atoms with Gasteiger partial charge in [-0.15, -0.1) is 0 Å². The van der Waals surface area contributed by atoms with Gasteiger partial charge in [-0.25, -0.2) is 4.98 Å². The minimum absolute atomic E-state index is 0.0292. The van der Waals surface area contributed by atoms with E-state index < -0.39 is 10.8 Å². The number of hydrogen-bond acceptors (Lipinski definition) is 10. The highest BCUT2D eigenvalue weighted by Gasteiger charge is 2.22. The van der Waals surface area contributed by atoms with Crippen LogP contribution in [0, 0.1) is 10.1 Å². The first-order chi connectivity index (χ1) is 19.3. The van der Waals surface area contributed by atoms with E-state index in [1.165, 1.54) is 52.7 Å². The molecule has 0 aliphatic heterocycles. The number of oxazole rings is 1. The Labute approximate surface area is 227 Å². The molecule has 0 bridgehead atoms. The molecule has 0 unspecified atom stereocenters. The summed E-state index contributed by atoms with van der Waals surface area (Å²) in [5.74, 6) is 1.58. The minimum Gasteiger partial charge on any atom is -0.497 e. The summed E-state index contributed by atoms with van der Waals surface area (Å²) in [4.78, 5) is 28.4. The molecule has 12 nitrogen and oxygen atoms in total. The molecule has 204 valence electrons. The van der Waals surface area contributed by atoms with Gasteiger partial charge in [-0.1, -0.05) is 0 Å². The number of hydrogen-bond donors (Lipinski definition) is 1. The molecule has 5 aromatic rings. The number of fused-ring (bicyclic) bond motifs is 1. The Kier molecular flexibility index (Phi) is 6.98. The number of furan rings is 1. The maximum Gasteiger partial charge on any atom is 0.291 e. The van der Waals surface area contributed by atoms with Crippen LogP contribution in [0.4, 0.5) is 11.4 Å². The highest BCUT2D eigenvalue weighted by molar-refractivity contribution is 6.03. The van der Waals surface area contributed by atoms with Gasteiger partial charge in [0.25, 0.3) is 11.6 Å². The standard InChI is InChI=1S/C28H23N3O9/c1-35-17-6-7-18(20(14-17)31(33)34)21-9-10-23(39-21)27(32)29-16-5-8-22-19(13-16)30-28(40-22)15-11-24(36-2)26(38-4)25(12-15)37-3/h5-14H,1-4H3,(H,29,32). The fourth-order valence-electron chi connectivity index (χ4n) is 4.13. The van der Waals surface area contributed by atoms with E-state index in [1.807, 2.05) is 0 Å². The van der Waals surface area contributed by atoms with Crippen LogP contribution in [-0.4, -0.2) is 44.3 Å². The van der Waals surface area contributed by atoms with E-state index in [9.17, 15) is 14.9 Å². The average molecular weight is 546 g/mol. The second-order valence-corrected chi connectivity index (χ2v) is 8.37. The molecule has 1 N–H and O–H groups in total. The Morgan fingerprint density at radius 3 is 2.27 bits per heavy atom. The molecule has 2 heterocycles. The van der Waals surface area contributed by atoms with E-state index in [1.54, 1.807) is 36.4 Å². The summed E-state index contributed by atoms with van der Waals surface area (Å²) in [6, 6.07) is 15.7. The number of rotatable bonds is 9. The Morgan fingerprint density at radius 1 is 0.875 bits per heavy atom. The largest absolute Gasteiger partial charge is 0.497 e. The van der Waals surface area contributed by atoms with E-state index in [0.29, 0.717) is 51.2 Å². The lowest BCUT2D eigenvalue weighted by Crippen LogP contribution is -2.10. The first kappa shape index (κ1) is 26.1. The van der Waals surface area contributed by atoms with Crippen molar-refractivity contribution in [2.24, 2.45) is 0 Å². The van der Waals surface area contributed by atoms with Crippen molar-refractivity contribution in [1.82, 2.24) is 4.98 Å². The van der Waals surface area contributed by atoms with Crippen molar-refractivity contribution in [1.29, 1.82) is 0 Å². The van der Waals surface area contributed by atoms with E-state index in [4.69, 9.17) is 27.8 Å². The number of nitrogens with one attached hydrogen (secondary N) is 1. The number of amides is 1. The Hall–Kier alpha value is -5.52. The van der Waals surface area contributed by atoms with Gasteiger partial charge in [0, 0.05) is 11.3 Å². The van der Waals surface area contributed by atoms with Crippen LogP contribution in [0.5, 0.6) is 23.0 Å². The first-order valence-electron chi connectivity index (χ1n) is 11.8. The second kappa shape index (κ2) is 10.7. The molecule has 0 fully saturated rings. The Morgan fingerprint density at radius 2 is 1.62 bits per heavy atom. The van der Waals surface area contributed by atoms with Gasteiger partial charge in [0.2, 0.25) is 11.6 Å². The van der Waals surface area contributed by atoms with Gasteiger partial charge in [0.15, 0.2) is 22.8 Å². The van der Waals surface area contributed by atoms with Gasteiger partial charge in [0.1, 0.15) is 17.0 Å². The summed E-state index contributed by atoms with van der Waals surface area (Å²) in [6.07, 6.45) is 0. The molecule has 0 saturated carbocycles. The molecule has 1 amide bonds. The smallest absolute Gasteiger partial charge is 0.291 e. The van der Waals surface area contributed by atoms with E-state index in [-0.39, 0.29) is 22.8 Å². The number of nitro benzene ring substituents is 1. The number of carbonyl (C=O) groups is 1. The number of carbonyl (C=O) groups excluding carboxylic acids is 1. The zero-order valence-corrected chi connectivity index (χ0v) is 21.8. The SMILES string of the molecule is COc1ccc(-c2ccc(C(=O)Nc3ccc4oc(-c5cc(OC)c(OC)c(OC)c5)nc4c3)o2)c([N+](=O)[O-])c1. The number of aromatic nitrogens is 1. The molecule has 0 saturated heterocycles. The van der Waals surface area contributed by atoms with Crippen molar-refractivity contribution in [3.05, 3.63) is 76.5 Å². The molecule has 0 radical (unpaired) electrons. The molecule has 2 aromatic heterocycles. The molecule has 0 spiro atoms. The van der Waals surface area contributed by atoms with Crippen LogP contribution in [0.25, 0.3) is 33.9 Å². The summed E-state index contributed by atoms with van der Waals surface area (Å²) in [7, 11) is 5.96. The molecular weight excluding hydrogens is 522 g/mol. The topological polar surface area (TPSA) is 148 Å². The van der Waals surface area contributed by atoms with Crippen LogP contribution >= 0.6 is 0 Å². The van der Waals surface area contributed by atoms with E-state index >= 15 is 0 Å². The number of methoxy groups -OCH3 is 4. The van der Waals surface area contributed by atoms with Crippen molar-refractivity contribution >= 4 is 28.4 Å². The van der Waals surface area contributed by atoms with Crippen LogP contribution in [0.2, 0.25) is 0 Å². The lowest BCUT2D eigenvalue weighted by atomic mass is 10.1. The third kappa shape index (κ3) is 4.85. The quantitative estimate of drug-likeness (QED) is 0.174. The summed E-state index contributed by atoms with van der Waals surface area (Å²) < 4.78 is 32.8. The van der Waals surface area contributed by atoms with Gasteiger partial charge in [0.05, 0.1) is 45.0 Å². The number of benzene rings is 3. The van der Waals surface area contributed by atoms with Crippen molar-refractivity contribution in [2.75, 3.05) is 33.8 Å². The molecule has 40 heavy (non-hydrogen) atoms. The summed E-state index contributed by atoms with van der Waals surface area (Å²) in [5.41, 5.74) is 2.04. The number of anilines is 1. The average Bonchev–Trinajstić information content (AvgIpc) is 3.63. The number of nitrogens with zero attached hydrogens (tertiary/aromatic N) is 2. The van der Waals surface area contributed by atoms with Crippen LogP contribution in [0.1, 0.15) is 10.6 Å². The summed E-state index contributed by atoms with van der Waals surface area (Å²) in [5, 5.41) is 14.3. The summed E-state index contributed by atoms with van der Waals surface area (Å²) in [6.45, 7) is 0. The van der Waals surface area contributed by atoms with Crippen LogP contribution in [-0.2, 0) is 0 Å². The Bertz CT molecular complexity index is 1710. The lowest BCUT2D eigenvalue weighted by Gasteiger charge is -2.12. The van der Waals surface area contributed by atoms with Crippen molar-refractivity contribution < 1.29 is 37.5 Å². The normalized spacial score (nSPS) is 10.8. The molecule has 5 rings (SSSR count). The monoisotopic (exact) mass is 545 g/mol. The zero-order valence-electron chi connectivity index (χ0n) is 21.8. The molecule has 3 aromatic carbocycles. The van der Waals surface area contributed by atoms with Crippen LogP contribution in [0.3, 0.4) is 0 Å². The maximum absolute atomic E-state index is 12.9. The highest BCUT2D eigenvalue weighted by atomic mass is 16.6. The van der Waals surface area contributed by atoms with Gasteiger partial charge >= 0.3 is 0 Å². The predicted molar refractivity (Wildman–Crippen MR) is 144 cm³/mol. The van der Waals surface area contributed by atoms with Crippen molar-refractivity contribution in [3.63, 3.8) is 0 Å². The lowest BCUT2D eigenvalue weighted by molar-refractivity contribution is -0.384. The van der Waals surface area contributed by atoms with Crippen molar-refractivity contribution in [2.45, 2.75) is 0 Å². The van der Waals surface area contributed by atoms with E-state index in [2.05, 4.69) is 10.3 Å². The number of nitro groups is 1. The number of ether oxygens (including phenoxy) is 4. The Balaban J connectivity index is 1.39. The second-order valence-electron chi connectivity index (χ2n) is 8.37. The third-order valence-corrected chi connectivity index (χ3v) is 6.05. The van der Waals surface area contributed by atoms with Crippen LogP contribution < -0.4 is 24.3 Å². The highest BCUT2D eigenvalue weighted by Crippen LogP contribution is 2.41. The molecule has 0 aliphatic rings. The fraction of sp³-hybridized carbons (Fsp3) is 0.143. The van der Waals surface area contributed by atoms with Gasteiger partial charge in [-0.05, 0) is 54.6 Å². The molecule has 0 atom stereocenters. The van der Waals surface area contributed by atoms with Gasteiger partial charge in [-0.3, -0.25) is 14.9 Å². The fourth-order valence-corrected chi connectivity index (χ4v) is 4.13. The van der Waals surface area contributed by atoms with E-state index in [0.717, 1.165) is 0 Å². The van der Waals surface area contributed by atoms with Gasteiger partial charge < -0.3 is 33.1 Å². The first-order valence-corrected chi connectivity index (χ1v) is 11.8. The third-order valence-electron chi connectivity index (χ3n) is 6.05. The van der Waals surface area contributed by atoms with Crippen molar-refractivity contribution in [3.8, 4) is 45.8 Å². The maximum atomic E-state index is 12.9. The molecule has 0 aliphatic carbocycles. The van der Waals surface area contributed by atoms with Crippen LogP contribution in [0.15, 0.2) is 69.5 Å². The molecular formula is C28H23N3O9. The van der Waals surface area contributed by atoms with Gasteiger partial charge in [-0.2, -0.15) is 0 Å². The summed E-state index contributed by atoms with van der Waals surface area (Å²) >= 11 is 0. The zero-order chi connectivity index (χ0) is 28.4. The predicted octanol–water partition coefficient (Wildman–Crippen LogP) is 5.95. The molecule has 12 heteroatoms. The minimum atomic E-state index is -0.546.